The van der Waals surface area contributed by atoms with Crippen LogP contribution in [0.25, 0.3) is 0 Å². The molecule has 1 aliphatic heterocycles. The summed E-state index contributed by atoms with van der Waals surface area (Å²) in [6.07, 6.45) is 0. The van der Waals surface area contributed by atoms with Crippen LogP contribution in [0.5, 0.6) is 5.75 Å². The van der Waals surface area contributed by atoms with E-state index in [1.54, 1.807) is 0 Å². The van der Waals surface area contributed by atoms with Crippen molar-refractivity contribution in [2.75, 3.05) is 37.7 Å². The molecule has 0 saturated carbocycles. The minimum atomic E-state index is 0.673. The molecule has 0 bridgehead atoms. The summed E-state index contributed by atoms with van der Waals surface area (Å²) in [5.41, 5.74) is 1.23. The molecule has 0 amide bonds. The lowest BCUT2D eigenvalue weighted by atomic mass is 10.1. The molecule has 1 heterocycles. The summed E-state index contributed by atoms with van der Waals surface area (Å²) in [6, 6.07) is 8.33. The summed E-state index contributed by atoms with van der Waals surface area (Å²) < 4.78 is 5.70. The minimum Gasteiger partial charge on any atom is -0.492 e. The lowest BCUT2D eigenvalue weighted by Crippen LogP contribution is -2.29. The van der Waals surface area contributed by atoms with Gasteiger partial charge in [-0.1, -0.05) is 19.1 Å². The fourth-order valence-electron chi connectivity index (χ4n) is 2.31. The Morgan fingerprint density at radius 3 is 3.06 bits per heavy atom. The second-order valence-electron chi connectivity index (χ2n) is 4.66. The van der Waals surface area contributed by atoms with Crippen molar-refractivity contribution in [3.63, 3.8) is 0 Å². The Morgan fingerprint density at radius 1 is 1.41 bits per heavy atom. The van der Waals surface area contributed by atoms with Crippen molar-refractivity contribution in [1.29, 1.82) is 0 Å². The zero-order valence-corrected chi connectivity index (χ0v) is 10.8. The number of hydrogen-bond donors (Lipinski definition) is 1. The van der Waals surface area contributed by atoms with Gasteiger partial charge in [-0.25, -0.2) is 0 Å². The van der Waals surface area contributed by atoms with Crippen molar-refractivity contribution in [3.05, 3.63) is 24.3 Å². The molecule has 0 radical (unpaired) electrons. The summed E-state index contributed by atoms with van der Waals surface area (Å²) in [6.45, 7) is 9.33. The van der Waals surface area contributed by atoms with Crippen LogP contribution >= 0.6 is 0 Å². The molecule has 1 aliphatic rings. The van der Waals surface area contributed by atoms with Gasteiger partial charge in [0, 0.05) is 19.6 Å². The molecule has 17 heavy (non-hydrogen) atoms. The zero-order chi connectivity index (χ0) is 12.1. The summed E-state index contributed by atoms with van der Waals surface area (Å²) in [4.78, 5) is 2.43. The number of benzene rings is 1. The van der Waals surface area contributed by atoms with Crippen molar-refractivity contribution < 1.29 is 4.74 Å². The Labute approximate surface area is 104 Å². The van der Waals surface area contributed by atoms with E-state index in [-0.39, 0.29) is 0 Å². The highest BCUT2D eigenvalue weighted by atomic mass is 16.5. The maximum absolute atomic E-state index is 5.70. The van der Waals surface area contributed by atoms with Crippen LogP contribution in [0.4, 0.5) is 5.69 Å². The summed E-state index contributed by atoms with van der Waals surface area (Å²) in [7, 11) is 0. The van der Waals surface area contributed by atoms with Gasteiger partial charge in [0.2, 0.25) is 0 Å². The molecular formula is C14H22N2O. The standard InChI is InChI=1S/C14H22N2O/c1-3-17-14-7-5-4-6-13(14)16-9-8-15-10-12(2)11-16/h4-7,12,15H,3,8-11H2,1-2H3. The average Bonchev–Trinajstić information content (AvgIpc) is 2.55. The Hall–Kier alpha value is -1.22. The highest BCUT2D eigenvalue weighted by Crippen LogP contribution is 2.28. The number of rotatable bonds is 3. The van der Waals surface area contributed by atoms with Gasteiger partial charge in [-0.2, -0.15) is 0 Å². The van der Waals surface area contributed by atoms with Gasteiger partial charge in [0.05, 0.1) is 12.3 Å². The van der Waals surface area contributed by atoms with E-state index in [1.165, 1.54) is 5.69 Å². The van der Waals surface area contributed by atoms with E-state index in [4.69, 9.17) is 4.74 Å². The van der Waals surface area contributed by atoms with Crippen molar-refractivity contribution in [1.82, 2.24) is 5.32 Å². The largest absolute Gasteiger partial charge is 0.492 e. The first-order chi connectivity index (χ1) is 8.31. The molecule has 0 aliphatic carbocycles. The molecular weight excluding hydrogens is 212 g/mol. The molecule has 1 N–H and O–H groups in total. The third kappa shape index (κ3) is 3.13. The van der Waals surface area contributed by atoms with Crippen LogP contribution in [0.3, 0.4) is 0 Å². The van der Waals surface area contributed by atoms with Crippen LogP contribution in [-0.4, -0.2) is 32.8 Å². The SMILES string of the molecule is CCOc1ccccc1N1CCNCC(C)C1. The zero-order valence-electron chi connectivity index (χ0n) is 10.8. The molecule has 1 fully saturated rings. The Morgan fingerprint density at radius 2 is 2.24 bits per heavy atom. The van der Waals surface area contributed by atoms with Gasteiger partial charge in [-0.3, -0.25) is 0 Å². The van der Waals surface area contributed by atoms with Gasteiger partial charge in [0.1, 0.15) is 5.75 Å². The second kappa shape index (κ2) is 5.92. The van der Waals surface area contributed by atoms with Gasteiger partial charge in [0.15, 0.2) is 0 Å². The maximum Gasteiger partial charge on any atom is 0.142 e. The Kier molecular flexibility index (Phi) is 4.26. The fraction of sp³-hybridized carbons (Fsp3) is 0.571. The second-order valence-corrected chi connectivity index (χ2v) is 4.66. The quantitative estimate of drug-likeness (QED) is 0.867. The van der Waals surface area contributed by atoms with Crippen LogP contribution in [-0.2, 0) is 0 Å². The van der Waals surface area contributed by atoms with Crippen LogP contribution in [0.1, 0.15) is 13.8 Å². The van der Waals surface area contributed by atoms with Gasteiger partial charge in [-0.05, 0) is 31.5 Å². The highest BCUT2D eigenvalue weighted by Gasteiger charge is 2.17. The van der Waals surface area contributed by atoms with E-state index < -0.39 is 0 Å². The monoisotopic (exact) mass is 234 g/mol. The molecule has 1 aromatic rings. The van der Waals surface area contributed by atoms with Gasteiger partial charge in [0.25, 0.3) is 0 Å². The molecule has 3 nitrogen and oxygen atoms in total. The van der Waals surface area contributed by atoms with Gasteiger partial charge in [-0.15, -0.1) is 0 Å². The number of ether oxygens (including phenoxy) is 1. The summed E-state index contributed by atoms with van der Waals surface area (Å²) in [5, 5.41) is 3.47. The average molecular weight is 234 g/mol. The third-order valence-corrected chi connectivity index (χ3v) is 3.09. The van der Waals surface area contributed by atoms with E-state index in [0.29, 0.717) is 5.92 Å². The lowest BCUT2D eigenvalue weighted by molar-refractivity contribution is 0.340. The fourth-order valence-corrected chi connectivity index (χ4v) is 2.31. The van der Waals surface area contributed by atoms with Crippen molar-refractivity contribution in [2.45, 2.75) is 13.8 Å². The number of nitrogens with one attached hydrogen (secondary N) is 1. The van der Waals surface area contributed by atoms with E-state index in [9.17, 15) is 0 Å². The molecule has 0 spiro atoms. The number of para-hydroxylation sites is 2. The molecule has 2 rings (SSSR count). The third-order valence-electron chi connectivity index (χ3n) is 3.09. The van der Waals surface area contributed by atoms with Gasteiger partial charge < -0.3 is 15.0 Å². The molecule has 1 saturated heterocycles. The first kappa shape index (κ1) is 12.2. The molecule has 1 atom stereocenters. The van der Waals surface area contributed by atoms with Crippen LogP contribution in [0.2, 0.25) is 0 Å². The first-order valence-corrected chi connectivity index (χ1v) is 6.48. The Balaban J connectivity index is 2.19. The Bertz CT molecular complexity index is 354. The van der Waals surface area contributed by atoms with Crippen molar-refractivity contribution in [3.8, 4) is 5.75 Å². The molecule has 94 valence electrons. The first-order valence-electron chi connectivity index (χ1n) is 6.48. The van der Waals surface area contributed by atoms with E-state index in [2.05, 4.69) is 35.3 Å². The highest BCUT2D eigenvalue weighted by molar-refractivity contribution is 5.58. The predicted molar refractivity (Wildman–Crippen MR) is 71.9 cm³/mol. The molecule has 3 heteroatoms. The molecule has 1 aromatic carbocycles. The smallest absolute Gasteiger partial charge is 0.142 e. The van der Waals surface area contributed by atoms with E-state index in [0.717, 1.165) is 38.5 Å². The molecule has 1 unspecified atom stereocenters. The number of nitrogens with zero attached hydrogens (tertiary/aromatic N) is 1. The predicted octanol–water partition coefficient (Wildman–Crippen LogP) is 2.13. The summed E-state index contributed by atoms with van der Waals surface area (Å²) in [5.74, 6) is 1.68. The van der Waals surface area contributed by atoms with Crippen molar-refractivity contribution in [2.24, 2.45) is 5.92 Å². The topological polar surface area (TPSA) is 24.5 Å². The molecule has 0 aromatic heterocycles. The van der Waals surface area contributed by atoms with Crippen LogP contribution in [0.15, 0.2) is 24.3 Å². The minimum absolute atomic E-state index is 0.673. The lowest BCUT2D eigenvalue weighted by Gasteiger charge is -2.26. The maximum atomic E-state index is 5.70. The number of anilines is 1. The normalized spacial score (nSPS) is 21.1. The van der Waals surface area contributed by atoms with E-state index >= 15 is 0 Å². The van der Waals surface area contributed by atoms with Crippen molar-refractivity contribution >= 4 is 5.69 Å². The summed E-state index contributed by atoms with van der Waals surface area (Å²) >= 11 is 0. The van der Waals surface area contributed by atoms with Crippen LogP contribution in [0, 0.1) is 5.92 Å². The van der Waals surface area contributed by atoms with Crippen LogP contribution < -0.4 is 15.0 Å². The van der Waals surface area contributed by atoms with E-state index in [1.807, 2.05) is 13.0 Å². The number of hydrogen-bond acceptors (Lipinski definition) is 3. The van der Waals surface area contributed by atoms with Gasteiger partial charge >= 0.3 is 0 Å².